The molecule has 0 aliphatic carbocycles. The van der Waals surface area contributed by atoms with Gasteiger partial charge in [0.15, 0.2) is 11.6 Å². The highest BCUT2D eigenvalue weighted by Gasteiger charge is 2.43. The first-order chi connectivity index (χ1) is 26.6. The van der Waals surface area contributed by atoms with Gasteiger partial charge in [-0.05, 0) is 60.8 Å². The molecule has 0 radical (unpaired) electrons. The van der Waals surface area contributed by atoms with Gasteiger partial charge in [0, 0.05) is 69.4 Å². The smallest absolute Gasteiger partial charge is 0.254 e. The van der Waals surface area contributed by atoms with Crippen LogP contribution in [0, 0.1) is 18.3 Å². The summed E-state index contributed by atoms with van der Waals surface area (Å²) < 4.78 is 11.7. The summed E-state index contributed by atoms with van der Waals surface area (Å²) in [5.41, 5.74) is 3.80. The Labute approximate surface area is 321 Å². The summed E-state index contributed by atoms with van der Waals surface area (Å²) >= 11 is 0. The van der Waals surface area contributed by atoms with Gasteiger partial charge in [-0.1, -0.05) is 44.0 Å². The number of benzene rings is 2. The van der Waals surface area contributed by atoms with Crippen molar-refractivity contribution in [3.05, 3.63) is 77.6 Å². The first-order valence-corrected chi connectivity index (χ1v) is 18.9. The van der Waals surface area contributed by atoms with E-state index in [1.807, 2.05) is 70.2 Å². The van der Waals surface area contributed by atoms with Gasteiger partial charge in [-0.25, -0.2) is 0 Å². The Bertz CT molecular complexity index is 1970. The van der Waals surface area contributed by atoms with Crippen LogP contribution in [0.5, 0.6) is 11.6 Å². The van der Waals surface area contributed by atoms with Crippen molar-refractivity contribution in [2.24, 2.45) is 5.92 Å². The van der Waals surface area contributed by atoms with E-state index in [2.05, 4.69) is 41.7 Å². The number of β-amino-alcohol motifs (C(OH)–C–C–N with tert-alkyl or cyclic N) is 1. The van der Waals surface area contributed by atoms with Gasteiger partial charge in [-0.2, -0.15) is 0 Å². The average molecular weight is 751 g/mol. The van der Waals surface area contributed by atoms with Crippen LogP contribution in [0.1, 0.15) is 63.0 Å². The number of amides is 2. The Morgan fingerprint density at radius 3 is 2.49 bits per heavy atom. The number of aromatic hydroxyl groups is 1. The van der Waals surface area contributed by atoms with E-state index in [1.54, 1.807) is 18.2 Å². The fourth-order valence-corrected chi connectivity index (χ4v) is 7.20. The zero-order valence-corrected chi connectivity index (χ0v) is 31.8. The van der Waals surface area contributed by atoms with Gasteiger partial charge in [0.05, 0.1) is 23.5 Å². The second-order valence-corrected chi connectivity index (χ2v) is 14.4. The molecule has 4 heterocycles. The number of ether oxygens (including phenoxy) is 1. The molecule has 2 aliphatic heterocycles. The van der Waals surface area contributed by atoms with Crippen molar-refractivity contribution in [2.45, 2.75) is 58.2 Å². The van der Waals surface area contributed by atoms with Crippen molar-refractivity contribution < 1.29 is 29.1 Å². The molecule has 4 atom stereocenters. The molecular weight excluding hydrogens is 701 g/mol. The van der Waals surface area contributed by atoms with E-state index in [0.717, 1.165) is 43.0 Å². The summed E-state index contributed by atoms with van der Waals surface area (Å²) in [5.74, 6) is 2.51. The van der Waals surface area contributed by atoms with E-state index in [9.17, 15) is 19.8 Å². The molecule has 4 N–H and O–H groups in total. The predicted octanol–water partition coefficient (Wildman–Crippen LogP) is 4.03. The molecule has 2 amide bonds. The minimum absolute atomic E-state index is 0.0437. The number of carbonyl (C=O) groups is 2. The third-order valence-corrected chi connectivity index (χ3v) is 10.2. The minimum atomic E-state index is -0.834. The maximum Gasteiger partial charge on any atom is 0.254 e. The number of para-hydroxylation sites is 1. The summed E-state index contributed by atoms with van der Waals surface area (Å²) in [4.78, 5) is 33.6. The van der Waals surface area contributed by atoms with E-state index in [-0.39, 0.29) is 48.4 Å². The topological polar surface area (TPSA) is 169 Å². The lowest BCUT2D eigenvalue weighted by atomic mass is 9.91. The maximum absolute atomic E-state index is 14.1. The van der Waals surface area contributed by atoms with E-state index in [1.165, 1.54) is 4.90 Å². The number of likely N-dealkylation sites (tertiary alicyclic amines) is 1. The average Bonchev–Trinajstić information content (AvgIpc) is 3.82. The molecule has 0 bridgehead atoms. The molecule has 0 unspecified atom stereocenters. The lowest BCUT2D eigenvalue weighted by molar-refractivity contribution is -0.141. The number of carbonyl (C=O) groups excluding carboxylic acids is 2. The van der Waals surface area contributed by atoms with Crippen molar-refractivity contribution in [1.82, 2.24) is 30.5 Å². The van der Waals surface area contributed by atoms with E-state index >= 15 is 0 Å². The van der Waals surface area contributed by atoms with Gasteiger partial charge in [0.25, 0.3) is 5.88 Å². The van der Waals surface area contributed by atoms with E-state index < -0.39 is 18.1 Å². The number of nitrogens with zero attached hydrogens (tertiary/aromatic N) is 6. The molecule has 2 aromatic carbocycles. The molecule has 0 spiro atoms. The number of aliphatic hydroxyl groups is 1. The second-order valence-electron chi connectivity index (χ2n) is 14.4. The number of anilines is 2. The summed E-state index contributed by atoms with van der Waals surface area (Å²) in [6.07, 6.45) is 4.78. The minimum Gasteiger partial charge on any atom is -0.507 e. The number of piperazine rings is 1. The van der Waals surface area contributed by atoms with Gasteiger partial charge >= 0.3 is 0 Å². The molecule has 55 heavy (non-hydrogen) atoms. The Morgan fingerprint density at radius 1 is 1.05 bits per heavy atom. The highest BCUT2D eigenvalue weighted by molar-refractivity contribution is 5.91. The molecule has 290 valence electrons. The molecule has 14 heteroatoms. The van der Waals surface area contributed by atoms with Crippen molar-refractivity contribution >= 4 is 23.3 Å². The predicted molar refractivity (Wildman–Crippen MR) is 209 cm³/mol. The lowest BCUT2D eigenvalue weighted by Gasteiger charge is -2.36. The molecule has 2 aliphatic rings. The van der Waals surface area contributed by atoms with Gasteiger partial charge in [0.1, 0.15) is 24.3 Å². The fraction of sp³-hybridized carbons (Fsp3) is 0.439. The van der Waals surface area contributed by atoms with Crippen LogP contribution in [-0.2, 0) is 9.59 Å². The number of aliphatic hydroxyl groups excluding tert-OH is 1. The summed E-state index contributed by atoms with van der Waals surface area (Å²) in [7, 11) is 0. The molecule has 2 fully saturated rings. The van der Waals surface area contributed by atoms with E-state index in [4.69, 9.17) is 15.7 Å². The third-order valence-electron chi connectivity index (χ3n) is 10.2. The summed E-state index contributed by atoms with van der Waals surface area (Å²) in [5, 5.41) is 40.2. The zero-order valence-electron chi connectivity index (χ0n) is 31.8. The molecule has 6 rings (SSSR count). The normalized spacial score (nSPS) is 18.5. The molecule has 2 saturated heterocycles. The van der Waals surface area contributed by atoms with E-state index in [0.29, 0.717) is 42.5 Å². The third kappa shape index (κ3) is 9.18. The van der Waals surface area contributed by atoms with Gasteiger partial charge in [-0.3, -0.25) is 14.5 Å². The lowest BCUT2D eigenvalue weighted by Crippen LogP contribution is -2.48. The number of hydrogen-bond donors (Lipinski definition) is 4. The Balaban J connectivity index is 1.03. The number of nitrogens with one attached hydrogen (secondary N) is 2. The Morgan fingerprint density at radius 2 is 1.80 bits per heavy atom. The van der Waals surface area contributed by atoms with Crippen molar-refractivity contribution in [3.8, 4) is 35.2 Å². The van der Waals surface area contributed by atoms with Crippen LogP contribution in [0.3, 0.4) is 0 Å². The molecular formula is C41H50N8O6. The Hall–Kier alpha value is -5.65. The van der Waals surface area contributed by atoms with Crippen LogP contribution in [0.25, 0.3) is 11.3 Å². The summed E-state index contributed by atoms with van der Waals surface area (Å²) in [6.45, 7) is 12.6. The zero-order chi connectivity index (χ0) is 39.1. The number of phenols is 1. The quantitative estimate of drug-likeness (QED) is 0.137. The van der Waals surface area contributed by atoms with Crippen LogP contribution < -0.4 is 20.3 Å². The number of rotatable bonds is 14. The number of aromatic nitrogens is 3. The largest absolute Gasteiger partial charge is 0.507 e. The molecule has 14 nitrogen and oxygen atoms in total. The molecule has 0 saturated carbocycles. The SMILES string of the molecule is C#Cc1ccc([C@H](C)NC(=O)[C@@H]2C[C@@H](O)CN2C(=O)[C@@H](c2cc(OCCN3CCN(c4cc(-c5ccccc5O)nnc4NCC)CC3)no2)C(C)C)cc1. The van der Waals surface area contributed by atoms with Crippen molar-refractivity contribution in [1.29, 1.82) is 0 Å². The summed E-state index contributed by atoms with van der Waals surface area (Å²) in [6, 6.07) is 16.9. The van der Waals surface area contributed by atoms with Crippen LogP contribution in [0.4, 0.5) is 11.5 Å². The standard InChI is InChI=1S/C41H50N8O6/c1-6-28-12-14-29(15-13-28)27(5)43-40(52)34-22-30(50)25-49(34)41(53)38(26(3)4)36-24-37(46-55-36)54-21-20-47-16-18-48(19-17-47)33-23-32(44-45-39(33)42-7-2)31-10-8-9-11-35(31)51/h1,8-15,23-24,26-27,30,34,38,50-51H,7,16-22,25H2,2-5H3,(H,42,45)(H,43,52)/t27-,30+,34-,38+/m0/s1. The first-order valence-electron chi connectivity index (χ1n) is 18.9. The second kappa shape index (κ2) is 17.7. The van der Waals surface area contributed by atoms with Crippen molar-refractivity contribution in [2.75, 3.05) is 62.6 Å². The number of hydrogen-bond acceptors (Lipinski definition) is 12. The number of terminal acetylenes is 1. The highest BCUT2D eigenvalue weighted by atomic mass is 16.5. The van der Waals surface area contributed by atoms with Crippen LogP contribution in [0.2, 0.25) is 0 Å². The molecule has 2 aromatic heterocycles. The maximum atomic E-state index is 14.1. The Kier molecular flexibility index (Phi) is 12.5. The van der Waals surface area contributed by atoms with Crippen LogP contribution in [0.15, 0.2) is 65.2 Å². The van der Waals surface area contributed by atoms with Crippen molar-refractivity contribution in [3.63, 3.8) is 0 Å². The number of phenolic OH excluding ortho intramolecular Hbond substituents is 1. The van der Waals surface area contributed by atoms with Crippen LogP contribution in [-0.4, -0.2) is 112 Å². The monoisotopic (exact) mass is 750 g/mol. The van der Waals surface area contributed by atoms with Gasteiger partial charge < -0.3 is 39.9 Å². The highest BCUT2D eigenvalue weighted by Crippen LogP contribution is 2.34. The van der Waals surface area contributed by atoms with Crippen LogP contribution >= 0.6 is 0 Å². The van der Waals surface area contributed by atoms with Gasteiger partial charge in [0.2, 0.25) is 11.8 Å². The fourth-order valence-electron chi connectivity index (χ4n) is 7.20. The van der Waals surface area contributed by atoms with Gasteiger partial charge in [-0.15, -0.1) is 16.6 Å². The first kappa shape index (κ1) is 39.1. The molecule has 4 aromatic rings.